The zero-order valence-corrected chi connectivity index (χ0v) is 11.0. The third-order valence-corrected chi connectivity index (χ3v) is 3.33. The summed E-state index contributed by atoms with van der Waals surface area (Å²) in [6.45, 7) is 0.987. The Morgan fingerprint density at radius 3 is 2.94 bits per heavy atom. The van der Waals surface area contributed by atoms with Crippen LogP contribution < -0.4 is 5.32 Å². The van der Waals surface area contributed by atoms with Crippen molar-refractivity contribution in [3.8, 4) is 0 Å². The fourth-order valence-corrected chi connectivity index (χ4v) is 2.20. The van der Waals surface area contributed by atoms with Crippen molar-refractivity contribution in [2.45, 2.75) is 32.1 Å². The first kappa shape index (κ1) is 11.6. The number of pyridine rings is 1. The number of rotatable bonds is 4. The lowest BCUT2D eigenvalue weighted by Crippen LogP contribution is -2.05. The predicted octanol–water partition coefficient (Wildman–Crippen LogP) is 4.15. The van der Waals surface area contributed by atoms with E-state index >= 15 is 0 Å². The largest absolute Gasteiger partial charge is 0.370 e. The Balaban J connectivity index is 1.75. The molecule has 0 saturated heterocycles. The van der Waals surface area contributed by atoms with Gasteiger partial charge in [-0.2, -0.15) is 0 Å². The number of hydrogen-bond donors (Lipinski definition) is 1. The van der Waals surface area contributed by atoms with E-state index in [1.165, 1.54) is 25.7 Å². The van der Waals surface area contributed by atoms with Gasteiger partial charge in [0, 0.05) is 17.2 Å². The summed E-state index contributed by atoms with van der Waals surface area (Å²) >= 11 is 3.38. The van der Waals surface area contributed by atoms with E-state index in [0.29, 0.717) is 0 Å². The van der Waals surface area contributed by atoms with Crippen molar-refractivity contribution in [1.29, 1.82) is 0 Å². The average Bonchev–Trinajstić information content (AvgIpc) is 2.33. The van der Waals surface area contributed by atoms with Crippen molar-refractivity contribution >= 4 is 21.7 Å². The summed E-state index contributed by atoms with van der Waals surface area (Å²) in [6, 6.07) is 4.01. The van der Waals surface area contributed by atoms with Gasteiger partial charge in [-0.25, -0.2) is 4.98 Å². The highest BCUT2D eigenvalue weighted by molar-refractivity contribution is 9.10. The molecule has 3 heteroatoms. The topological polar surface area (TPSA) is 24.9 Å². The smallest absolute Gasteiger partial charge is 0.125 e. The molecule has 16 heavy (non-hydrogen) atoms. The second-order valence-corrected chi connectivity index (χ2v) is 5.06. The summed E-state index contributed by atoms with van der Waals surface area (Å²) in [6.07, 6.45) is 10.7. The monoisotopic (exact) mass is 280 g/mol. The van der Waals surface area contributed by atoms with E-state index in [4.69, 9.17) is 0 Å². The van der Waals surface area contributed by atoms with Gasteiger partial charge in [0.2, 0.25) is 0 Å². The molecule has 0 spiro atoms. The second kappa shape index (κ2) is 6.04. The predicted molar refractivity (Wildman–Crippen MR) is 71.6 cm³/mol. The van der Waals surface area contributed by atoms with Crippen LogP contribution >= 0.6 is 15.9 Å². The van der Waals surface area contributed by atoms with Gasteiger partial charge in [0.25, 0.3) is 0 Å². The molecule has 2 nitrogen and oxygen atoms in total. The van der Waals surface area contributed by atoms with Crippen LogP contribution in [0.1, 0.15) is 32.1 Å². The van der Waals surface area contributed by atoms with E-state index in [1.807, 2.05) is 18.3 Å². The standard InChI is InChI=1S/C13H17BrN2/c14-12-6-7-13(16-10-12)15-9-8-11-4-2-1-3-5-11/h4,6-7,10H,1-3,5,8-9H2,(H,15,16). The summed E-state index contributed by atoms with van der Waals surface area (Å²) in [7, 11) is 0. The summed E-state index contributed by atoms with van der Waals surface area (Å²) < 4.78 is 1.02. The van der Waals surface area contributed by atoms with E-state index < -0.39 is 0 Å². The third-order valence-electron chi connectivity index (χ3n) is 2.86. The maximum atomic E-state index is 4.28. The number of nitrogens with one attached hydrogen (secondary N) is 1. The normalized spacial score (nSPS) is 15.7. The van der Waals surface area contributed by atoms with Crippen LogP contribution in [-0.2, 0) is 0 Å². The highest BCUT2D eigenvalue weighted by Gasteiger charge is 2.03. The Labute approximate surface area is 105 Å². The SMILES string of the molecule is Brc1ccc(NCCC2=CCCCC2)nc1. The number of anilines is 1. The molecule has 2 rings (SSSR count). The van der Waals surface area contributed by atoms with Crippen LogP contribution in [0.3, 0.4) is 0 Å². The van der Waals surface area contributed by atoms with Crippen molar-refractivity contribution in [3.63, 3.8) is 0 Å². The quantitative estimate of drug-likeness (QED) is 0.839. The molecule has 86 valence electrons. The Morgan fingerprint density at radius 1 is 1.31 bits per heavy atom. The number of aromatic nitrogens is 1. The van der Waals surface area contributed by atoms with Gasteiger partial charge >= 0.3 is 0 Å². The molecule has 0 unspecified atom stereocenters. The molecular formula is C13H17BrN2. The molecular weight excluding hydrogens is 264 g/mol. The minimum atomic E-state index is 0.958. The fourth-order valence-electron chi connectivity index (χ4n) is 1.96. The van der Waals surface area contributed by atoms with E-state index in [-0.39, 0.29) is 0 Å². The van der Waals surface area contributed by atoms with Gasteiger partial charge < -0.3 is 5.32 Å². The van der Waals surface area contributed by atoms with Crippen LogP contribution in [0, 0.1) is 0 Å². The molecule has 1 aromatic rings. The van der Waals surface area contributed by atoms with Crippen molar-refractivity contribution in [2.24, 2.45) is 0 Å². The Hall–Kier alpha value is -0.830. The van der Waals surface area contributed by atoms with E-state index in [1.54, 1.807) is 5.57 Å². The molecule has 0 saturated carbocycles. The van der Waals surface area contributed by atoms with Gasteiger partial charge in [-0.1, -0.05) is 11.6 Å². The molecule has 1 aliphatic carbocycles. The van der Waals surface area contributed by atoms with Crippen molar-refractivity contribution in [1.82, 2.24) is 4.98 Å². The van der Waals surface area contributed by atoms with Crippen molar-refractivity contribution in [3.05, 3.63) is 34.5 Å². The zero-order chi connectivity index (χ0) is 11.2. The van der Waals surface area contributed by atoms with Gasteiger partial charge in [0.1, 0.15) is 5.82 Å². The highest BCUT2D eigenvalue weighted by Crippen LogP contribution is 2.20. The Kier molecular flexibility index (Phi) is 4.40. The van der Waals surface area contributed by atoms with Gasteiger partial charge in [-0.15, -0.1) is 0 Å². The van der Waals surface area contributed by atoms with Crippen LogP contribution in [0.2, 0.25) is 0 Å². The minimum Gasteiger partial charge on any atom is -0.370 e. The molecule has 0 amide bonds. The first-order valence-corrected chi connectivity index (χ1v) is 6.67. The molecule has 0 radical (unpaired) electrons. The molecule has 0 fully saturated rings. The Bertz CT molecular complexity index is 357. The average molecular weight is 281 g/mol. The van der Waals surface area contributed by atoms with Crippen LogP contribution in [0.15, 0.2) is 34.5 Å². The second-order valence-electron chi connectivity index (χ2n) is 4.15. The van der Waals surface area contributed by atoms with E-state index in [2.05, 4.69) is 32.3 Å². The van der Waals surface area contributed by atoms with Crippen LogP contribution in [0.25, 0.3) is 0 Å². The van der Waals surface area contributed by atoms with E-state index in [0.717, 1.165) is 23.3 Å². The number of nitrogens with zero attached hydrogens (tertiary/aromatic N) is 1. The molecule has 0 atom stereocenters. The third kappa shape index (κ3) is 3.63. The van der Waals surface area contributed by atoms with Crippen molar-refractivity contribution < 1.29 is 0 Å². The van der Waals surface area contributed by atoms with Crippen LogP contribution in [0.4, 0.5) is 5.82 Å². The first-order valence-electron chi connectivity index (χ1n) is 5.88. The fraction of sp³-hybridized carbons (Fsp3) is 0.462. The maximum absolute atomic E-state index is 4.28. The molecule has 0 bridgehead atoms. The molecule has 1 N–H and O–H groups in total. The van der Waals surface area contributed by atoms with Gasteiger partial charge in [-0.3, -0.25) is 0 Å². The first-order chi connectivity index (χ1) is 7.84. The number of hydrogen-bond acceptors (Lipinski definition) is 2. The molecule has 1 aromatic heterocycles. The molecule has 0 aliphatic heterocycles. The Morgan fingerprint density at radius 2 is 2.25 bits per heavy atom. The molecule has 1 aliphatic rings. The zero-order valence-electron chi connectivity index (χ0n) is 9.38. The summed E-state index contributed by atoms with van der Waals surface area (Å²) in [5.41, 5.74) is 1.61. The minimum absolute atomic E-state index is 0.958. The number of allylic oxidation sites excluding steroid dienone is 1. The number of halogens is 1. The van der Waals surface area contributed by atoms with Crippen LogP contribution in [-0.4, -0.2) is 11.5 Å². The van der Waals surface area contributed by atoms with E-state index in [9.17, 15) is 0 Å². The molecule has 1 heterocycles. The summed E-state index contributed by atoms with van der Waals surface area (Å²) in [4.78, 5) is 4.28. The highest BCUT2D eigenvalue weighted by atomic mass is 79.9. The lowest BCUT2D eigenvalue weighted by atomic mass is 9.97. The summed E-state index contributed by atoms with van der Waals surface area (Å²) in [5.74, 6) is 0.958. The summed E-state index contributed by atoms with van der Waals surface area (Å²) in [5, 5.41) is 3.35. The van der Waals surface area contributed by atoms with Crippen molar-refractivity contribution in [2.75, 3.05) is 11.9 Å². The van der Waals surface area contributed by atoms with Gasteiger partial charge in [-0.05, 0) is 60.2 Å². The van der Waals surface area contributed by atoms with Crippen LogP contribution in [0.5, 0.6) is 0 Å². The van der Waals surface area contributed by atoms with Gasteiger partial charge in [0.15, 0.2) is 0 Å². The lowest BCUT2D eigenvalue weighted by Gasteiger charge is -2.13. The maximum Gasteiger partial charge on any atom is 0.125 e. The molecule has 0 aromatic carbocycles. The van der Waals surface area contributed by atoms with Gasteiger partial charge in [0.05, 0.1) is 0 Å². The lowest BCUT2D eigenvalue weighted by molar-refractivity contribution is 0.679.